The highest BCUT2D eigenvalue weighted by atomic mass is 16.8. The lowest BCUT2D eigenvalue weighted by molar-refractivity contribution is -0.721. The normalized spacial score (nSPS) is 11.7. The number of nitrogens with one attached hydrogen (secondary N) is 5. The zero-order chi connectivity index (χ0) is 94.9. The van der Waals surface area contributed by atoms with Crippen LogP contribution >= 0.6 is 0 Å². The van der Waals surface area contributed by atoms with Crippen molar-refractivity contribution in [1.82, 2.24) is 79.6 Å². The van der Waals surface area contributed by atoms with Crippen molar-refractivity contribution in [2.45, 2.75) is 79.8 Å². The van der Waals surface area contributed by atoms with Crippen molar-refractivity contribution in [2.75, 3.05) is 53.7 Å². The van der Waals surface area contributed by atoms with E-state index in [2.05, 4.69) is 65.5 Å². The van der Waals surface area contributed by atoms with Crippen molar-refractivity contribution < 1.29 is 98.7 Å². The fraction of sp³-hybridized carbons (Fsp3) is 0.211. The Balaban J connectivity index is 0.000000148. The van der Waals surface area contributed by atoms with Crippen molar-refractivity contribution in [3.8, 4) is 85.6 Å². The Morgan fingerprint density at radius 2 is 0.801 bits per heavy atom. The maximum Gasteiger partial charge on any atom is 0.511 e. The summed E-state index contributed by atoms with van der Waals surface area (Å²) in [6.07, 6.45) is 1.22. The molecule has 0 atom stereocenters. The minimum absolute atomic E-state index is 0.00573. The maximum atomic E-state index is 13.5. The van der Waals surface area contributed by atoms with Crippen LogP contribution in [-0.2, 0) is 71.4 Å². The van der Waals surface area contributed by atoms with Crippen LogP contribution in [0.4, 0.5) is 9.59 Å². The van der Waals surface area contributed by atoms with Crippen LogP contribution in [0.5, 0.6) is 18.0 Å². The van der Waals surface area contributed by atoms with Crippen LogP contribution in [0, 0.1) is 4.91 Å². The Morgan fingerprint density at radius 3 is 1.14 bits per heavy atom. The number of aromatic nitrogens is 15. The molecule has 0 aliphatic carbocycles. The van der Waals surface area contributed by atoms with E-state index in [0.717, 1.165) is 66.9 Å². The number of para-hydroxylation sites is 3. The van der Waals surface area contributed by atoms with E-state index in [-0.39, 0.29) is 30.9 Å². The predicted molar refractivity (Wildman–Crippen MR) is 483 cm³/mol. The predicted octanol–water partition coefficient (Wildman–Crippen LogP) is 14.0. The molecule has 0 unspecified atom stereocenters. The van der Waals surface area contributed by atoms with Gasteiger partial charge in [-0.2, -0.15) is 15.0 Å². The lowest BCUT2D eigenvalue weighted by Gasteiger charge is -2.13. The molecule has 0 saturated heterocycles. The highest BCUT2D eigenvalue weighted by Gasteiger charge is 2.34. The summed E-state index contributed by atoms with van der Waals surface area (Å²) in [5.74, 6) is -2.57. The first-order valence-electron chi connectivity index (χ1n) is 42.4. The van der Waals surface area contributed by atoms with Crippen molar-refractivity contribution >= 4 is 63.3 Å². The number of imidazole rings is 3. The van der Waals surface area contributed by atoms with E-state index >= 15 is 0 Å². The van der Waals surface area contributed by atoms with E-state index in [1.165, 1.54) is 12.3 Å². The van der Waals surface area contributed by atoms with Crippen molar-refractivity contribution in [1.29, 1.82) is 0 Å². The van der Waals surface area contributed by atoms with Crippen LogP contribution in [0.25, 0.3) is 101 Å². The number of aromatic amines is 4. The molecule has 0 saturated carbocycles. The Labute approximate surface area is 768 Å². The third kappa shape index (κ3) is 21.2. The summed E-state index contributed by atoms with van der Waals surface area (Å²) >= 11 is 0. The Kier molecular flexibility index (Phi) is 27.8. The molecule has 1 aliphatic heterocycles. The number of rotatable bonds is 31. The second-order valence-corrected chi connectivity index (χ2v) is 31.1. The molecule has 1 aliphatic rings. The summed E-state index contributed by atoms with van der Waals surface area (Å²) in [5, 5.41) is 20.6. The summed E-state index contributed by atoms with van der Waals surface area (Å²) < 4.78 is 83.1. The number of benzene rings is 9. The van der Waals surface area contributed by atoms with Gasteiger partial charge in [0.1, 0.15) is 6.61 Å². The van der Waals surface area contributed by atoms with E-state index in [0.29, 0.717) is 148 Å². The van der Waals surface area contributed by atoms with Gasteiger partial charge in [-0.3, -0.25) is 42.2 Å². The first-order chi connectivity index (χ1) is 66.0. The third-order valence-corrected chi connectivity index (χ3v) is 21.0. The van der Waals surface area contributed by atoms with E-state index in [4.69, 9.17) is 65.6 Å². The zero-order valence-corrected chi connectivity index (χ0v) is 73.9. The molecular formula is C95H86N17O24+. The van der Waals surface area contributed by atoms with E-state index in [9.17, 15) is 43.3 Å². The molecule has 41 nitrogen and oxygen atoms in total. The second kappa shape index (κ2) is 41.4. The minimum Gasteiger partial charge on any atom is -0.465 e. The van der Waals surface area contributed by atoms with Gasteiger partial charge in [0.05, 0.1) is 108 Å². The molecule has 17 aromatic rings. The lowest BCUT2D eigenvalue weighted by Crippen LogP contribution is -2.28. The van der Waals surface area contributed by atoms with Gasteiger partial charge in [-0.1, -0.05) is 215 Å². The number of ether oxygens (including phenoxy) is 10. The molecule has 136 heavy (non-hydrogen) atoms. The van der Waals surface area contributed by atoms with E-state index in [1.54, 1.807) is 63.7 Å². The number of carbonyl (C=O) groups is 5. The molecule has 0 amide bonds. The van der Waals surface area contributed by atoms with Gasteiger partial charge in [-0.05, 0) is 112 Å². The van der Waals surface area contributed by atoms with E-state index < -0.39 is 66.5 Å². The quantitative estimate of drug-likeness (QED) is 0.0153. The van der Waals surface area contributed by atoms with E-state index in [1.807, 2.05) is 210 Å². The highest BCUT2D eigenvalue weighted by Crippen LogP contribution is 2.37. The number of nitrogens with zero attached hydrogens (tertiary/aromatic N) is 12. The van der Waals surface area contributed by atoms with Gasteiger partial charge in [0.15, 0.2) is 41.0 Å². The Hall–Kier alpha value is -18.0. The molecule has 694 valence electrons. The number of carbonyl (C=O) groups excluding carboxylic acids is 5. The average Bonchev–Trinajstić information content (AvgIpc) is 1.62. The lowest BCUT2D eigenvalue weighted by atomic mass is 9.91. The standard InChI is InChI=1S/C32H30N6O8.C32H30N6O7.C31H25N5O9/c1-3-42-30-34-26-10-6-9-25(29(39)44-19-45-32(41)43-17-22-16-37(2)18-33-22)27(26)38(30)15-20-11-13-21(14-12-20)23-7-4-5-8-24(23)28-35-31(40)46-36-28;1-5-42-30-33-24-12-8-11-23(29(39)43-18-25-27(32(2,3)4)38(41)45-35-25)26(24)37(30)17-19-13-15-20(16-14-19)21-9-6-7-10-22(21)28-34-31(40)44-36-28;1-2-40-29-33-25-9-5-8-24(28(37)42-18-43-31(39)41-17-21-14-15-32-44-21)26(25)36(29)16-19-10-12-20(13-11-19)22-6-3-4-7-23(22)27-34-30(38)45-35-27/h4-14,16,33H,3,15,17-19H2,1-2H3,(H,35,36,40);6-16H,5,17-18H2,1-4H3,(H-,34,35,36,40,41);3-15H,2,16-18H2,1H3,(H,34,35,38)/p+1. The van der Waals surface area contributed by atoms with Gasteiger partial charge in [0.2, 0.25) is 19.3 Å². The largest absolute Gasteiger partial charge is 0.511 e. The van der Waals surface area contributed by atoms with Crippen LogP contribution in [-0.4, -0.2) is 158 Å². The number of hydrogen-bond donors (Lipinski definition) is 5. The highest BCUT2D eigenvalue weighted by molar-refractivity contribution is 6.04. The summed E-state index contributed by atoms with van der Waals surface area (Å²) in [4.78, 5) is 134. The smallest absolute Gasteiger partial charge is 0.465 e. The molecule has 9 aromatic carbocycles. The summed E-state index contributed by atoms with van der Waals surface area (Å²) in [5.41, 5.74) is 15.0. The van der Waals surface area contributed by atoms with Gasteiger partial charge in [-0.25, -0.2) is 38.4 Å². The number of esters is 3. The molecule has 8 aromatic heterocycles. The van der Waals surface area contributed by atoms with Crippen LogP contribution in [0.1, 0.15) is 106 Å². The average molecular weight is 1850 g/mol. The van der Waals surface area contributed by atoms with Gasteiger partial charge in [-0.15, -0.1) is 0 Å². The number of hydrogen-bond acceptors (Lipinski definition) is 33. The van der Waals surface area contributed by atoms with Gasteiger partial charge in [0, 0.05) is 41.4 Å². The molecule has 18 rings (SSSR count). The first kappa shape index (κ1) is 91.4. The maximum absolute atomic E-state index is 13.5. The molecule has 5 N–H and O–H groups in total. The van der Waals surface area contributed by atoms with Gasteiger partial charge in [0.25, 0.3) is 23.7 Å². The van der Waals surface area contributed by atoms with Crippen LogP contribution < -0.4 is 41.4 Å². The first-order valence-corrected chi connectivity index (χ1v) is 42.4. The number of H-pyrrole nitrogens is 4. The monoisotopic (exact) mass is 1850 g/mol. The number of fused-ring (bicyclic) bond motifs is 3. The van der Waals surface area contributed by atoms with Crippen molar-refractivity contribution in [2.24, 2.45) is 0 Å². The fourth-order valence-corrected chi connectivity index (χ4v) is 15.0. The summed E-state index contributed by atoms with van der Waals surface area (Å²) in [7, 11) is 1.88. The topological polar surface area (TPSA) is 501 Å². The molecule has 41 heteroatoms. The molecule has 9 heterocycles. The molecule has 0 fully saturated rings. The second-order valence-electron chi connectivity index (χ2n) is 31.1. The molecular weight excluding hydrogens is 1760 g/mol. The molecule has 0 radical (unpaired) electrons. The minimum atomic E-state index is -1.04. The van der Waals surface area contributed by atoms with Crippen molar-refractivity contribution in [3.05, 3.63) is 311 Å². The fourth-order valence-electron chi connectivity index (χ4n) is 15.0. The summed E-state index contributed by atoms with van der Waals surface area (Å²) in [6.45, 7) is 12.2. The Morgan fingerprint density at radius 1 is 0.426 bits per heavy atom. The van der Waals surface area contributed by atoms with Crippen LogP contribution in [0.15, 0.2) is 261 Å². The summed E-state index contributed by atoms with van der Waals surface area (Å²) in [6, 6.07) is 63.9. The SMILES string of the molecule is CCOc1nc2cccc(C(=O)OCOC(=O)OCC3=CN(C)CN3)c2n1Cc1ccc(-c2ccccc2-c2noc(=O)[nH]2)cc1.CCOc1nc2cccc(C(=O)OCOC(=O)OCc3ccno3)c2n1Cc1ccc(-c2ccccc2-c2noc(=O)[nH]2)cc1.CCOc1nc2cccc(C(=O)OCc3[nH]o[n+](=O)c3C(C)(C)C)c2n1Cc1ccc(-c2ccccc2-c2noc(=O)[nH]2)cc1. The van der Waals surface area contributed by atoms with Crippen LogP contribution in [0.2, 0.25) is 0 Å². The van der Waals surface area contributed by atoms with Crippen molar-refractivity contribution in [3.63, 3.8) is 0 Å². The zero-order valence-electron chi connectivity index (χ0n) is 73.9. The van der Waals surface area contributed by atoms with Crippen LogP contribution in [0.3, 0.4) is 0 Å². The van der Waals surface area contributed by atoms with Gasteiger partial charge < -0.3 is 62.1 Å². The Bertz CT molecular complexity index is 7450. The molecule has 0 bridgehead atoms. The third-order valence-electron chi connectivity index (χ3n) is 21.0. The molecule has 0 spiro atoms. The van der Waals surface area contributed by atoms with Gasteiger partial charge >= 0.3 is 47.5 Å².